The van der Waals surface area contributed by atoms with Crippen molar-refractivity contribution in [3.63, 3.8) is 0 Å². The predicted molar refractivity (Wildman–Crippen MR) is 110 cm³/mol. The van der Waals surface area contributed by atoms with E-state index in [0.717, 1.165) is 16.5 Å². The van der Waals surface area contributed by atoms with Crippen molar-refractivity contribution in [2.45, 2.75) is 39.2 Å². The lowest BCUT2D eigenvalue weighted by molar-refractivity contribution is -0.133. The second kappa shape index (κ2) is 7.62. The Morgan fingerprint density at radius 2 is 1.89 bits per heavy atom. The maximum Gasteiger partial charge on any atom is 0.242 e. The molecule has 0 radical (unpaired) electrons. The lowest BCUT2D eigenvalue weighted by Gasteiger charge is -2.30. The number of hydrogen-bond donors (Lipinski definition) is 2. The average molecular weight is 381 g/mol. The lowest BCUT2D eigenvalue weighted by Crippen LogP contribution is -2.57. The van der Waals surface area contributed by atoms with Gasteiger partial charge in [0.1, 0.15) is 5.54 Å². The molecule has 2 unspecified atom stereocenters. The molecule has 2 aromatic rings. The Morgan fingerprint density at radius 3 is 2.57 bits per heavy atom. The summed E-state index contributed by atoms with van der Waals surface area (Å²) in [7, 11) is 0. The maximum atomic E-state index is 12.8. The molecule has 6 heteroatoms. The van der Waals surface area contributed by atoms with Gasteiger partial charge in [-0.1, -0.05) is 50.2 Å². The minimum absolute atomic E-state index is 0.0962. The van der Waals surface area contributed by atoms with Gasteiger partial charge in [0.25, 0.3) is 0 Å². The Labute approximate surface area is 165 Å². The van der Waals surface area contributed by atoms with Gasteiger partial charge >= 0.3 is 0 Å². The van der Waals surface area contributed by atoms with Crippen LogP contribution in [0.1, 0.15) is 33.6 Å². The SMILES string of the molecule is CC(C)CC(C)(NC(=O)C1CC(=O)N(c2cccc3ccccc23)C1)C(N)=O. The number of nitrogens with zero attached hydrogens (tertiary/aromatic N) is 1. The molecule has 2 atom stereocenters. The van der Waals surface area contributed by atoms with Crippen LogP contribution >= 0.6 is 0 Å². The number of nitrogens with two attached hydrogens (primary N) is 1. The number of anilines is 1. The molecule has 0 aliphatic carbocycles. The molecular weight excluding hydrogens is 354 g/mol. The Kier molecular flexibility index (Phi) is 5.40. The number of rotatable bonds is 6. The van der Waals surface area contributed by atoms with Crippen molar-refractivity contribution in [1.82, 2.24) is 5.32 Å². The summed E-state index contributed by atoms with van der Waals surface area (Å²) in [5, 5.41) is 4.82. The molecule has 28 heavy (non-hydrogen) atoms. The van der Waals surface area contributed by atoms with Crippen molar-refractivity contribution in [2.75, 3.05) is 11.4 Å². The maximum absolute atomic E-state index is 12.8. The van der Waals surface area contributed by atoms with Gasteiger partial charge in [-0.3, -0.25) is 14.4 Å². The first-order chi connectivity index (χ1) is 13.2. The fourth-order valence-electron chi connectivity index (χ4n) is 3.96. The smallest absolute Gasteiger partial charge is 0.242 e. The van der Waals surface area contributed by atoms with Gasteiger partial charge in [-0.05, 0) is 30.7 Å². The quantitative estimate of drug-likeness (QED) is 0.805. The summed E-state index contributed by atoms with van der Waals surface area (Å²) in [5.74, 6) is -1.29. The molecule has 1 fully saturated rings. The van der Waals surface area contributed by atoms with Crippen molar-refractivity contribution in [1.29, 1.82) is 0 Å². The van der Waals surface area contributed by atoms with Crippen molar-refractivity contribution in [3.05, 3.63) is 42.5 Å². The Balaban J connectivity index is 1.80. The first kappa shape index (κ1) is 19.9. The summed E-state index contributed by atoms with van der Waals surface area (Å²) < 4.78 is 0. The molecule has 0 saturated carbocycles. The highest BCUT2D eigenvalue weighted by atomic mass is 16.2. The van der Waals surface area contributed by atoms with E-state index in [1.807, 2.05) is 56.3 Å². The third-order valence-electron chi connectivity index (χ3n) is 5.31. The highest BCUT2D eigenvalue weighted by Gasteiger charge is 2.40. The van der Waals surface area contributed by atoms with Crippen LogP contribution in [0, 0.1) is 11.8 Å². The molecule has 3 amide bonds. The number of nitrogens with one attached hydrogen (secondary N) is 1. The molecule has 3 N–H and O–H groups in total. The molecule has 1 aliphatic heterocycles. The summed E-state index contributed by atoms with van der Waals surface area (Å²) in [6, 6.07) is 13.6. The summed E-state index contributed by atoms with van der Waals surface area (Å²) in [4.78, 5) is 39.1. The first-order valence-electron chi connectivity index (χ1n) is 9.61. The number of primary amides is 1. The molecule has 148 valence electrons. The standard InChI is InChI=1S/C22H27N3O3/c1-14(2)12-22(3,21(23)28)24-20(27)16-11-19(26)25(13-16)18-10-6-8-15-7-4-5-9-17(15)18/h4-10,14,16H,11-13H2,1-3H3,(H2,23,28)(H,24,27). The lowest BCUT2D eigenvalue weighted by atomic mass is 9.89. The van der Waals surface area contributed by atoms with Crippen molar-refractivity contribution in [2.24, 2.45) is 17.6 Å². The summed E-state index contributed by atoms with van der Waals surface area (Å²) >= 11 is 0. The minimum Gasteiger partial charge on any atom is -0.368 e. The summed E-state index contributed by atoms with van der Waals surface area (Å²) in [6.07, 6.45) is 0.563. The van der Waals surface area contributed by atoms with E-state index in [9.17, 15) is 14.4 Å². The molecule has 1 heterocycles. The molecule has 1 saturated heterocycles. The third kappa shape index (κ3) is 3.86. The van der Waals surface area contributed by atoms with Gasteiger partial charge in [0.05, 0.1) is 11.6 Å². The zero-order chi connectivity index (χ0) is 20.5. The first-order valence-corrected chi connectivity index (χ1v) is 9.61. The van der Waals surface area contributed by atoms with Crippen LogP contribution in [0.15, 0.2) is 42.5 Å². The van der Waals surface area contributed by atoms with Crippen LogP contribution in [0.25, 0.3) is 10.8 Å². The van der Waals surface area contributed by atoms with E-state index in [1.54, 1.807) is 11.8 Å². The van der Waals surface area contributed by atoms with Gasteiger partial charge < -0.3 is 16.0 Å². The summed E-state index contributed by atoms with van der Waals surface area (Å²) in [5.41, 5.74) is 5.22. The zero-order valence-electron chi connectivity index (χ0n) is 16.6. The fraction of sp³-hybridized carbons (Fsp3) is 0.409. The van der Waals surface area contributed by atoms with Crippen LogP contribution in [0.5, 0.6) is 0 Å². The zero-order valence-corrected chi connectivity index (χ0v) is 16.6. The highest BCUT2D eigenvalue weighted by Crippen LogP contribution is 2.32. The van der Waals surface area contributed by atoms with Crippen molar-refractivity contribution in [3.8, 4) is 0 Å². The van der Waals surface area contributed by atoms with Crippen LogP contribution in [-0.4, -0.2) is 29.8 Å². The molecule has 6 nitrogen and oxygen atoms in total. The second-order valence-electron chi connectivity index (χ2n) is 8.19. The van der Waals surface area contributed by atoms with E-state index in [0.29, 0.717) is 6.42 Å². The van der Waals surface area contributed by atoms with Crippen molar-refractivity contribution >= 4 is 34.2 Å². The largest absolute Gasteiger partial charge is 0.368 e. The van der Waals surface area contributed by atoms with E-state index in [1.165, 1.54) is 0 Å². The number of fused-ring (bicyclic) bond motifs is 1. The van der Waals surface area contributed by atoms with Crippen molar-refractivity contribution < 1.29 is 14.4 Å². The molecule has 0 aromatic heterocycles. The van der Waals surface area contributed by atoms with Gasteiger partial charge in [0, 0.05) is 18.4 Å². The van der Waals surface area contributed by atoms with Crippen LogP contribution in [-0.2, 0) is 14.4 Å². The molecule has 2 aromatic carbocycles. The van der Waals surface area contributed by atoms with E-state index in [4.69, 9.17) is 5.73 Å². The van der Waals surface area contributed by atoms with Crippen LogP contribution in [0.4, 0.5) is 5.69 Å². The van der Waals surface area contributed by atoms with Crippen LogP contribution < -0.4 is 16.0 Å². The van der Waals surface area contributed by atoms with Gasteiger partial charge in [-0.15, -0.1) is 0 Å². The van der Waals surface area contributed by atoms with E-state index >= 15 is 0 Å². The number of amides is 3. The van der Waals surface area contributed by atoms with Gasteiger partial charge in [-0.25, -0.2) is 0 Å². The minimum atomic E-state index is -1.12. The Hall–Kier alpha value is -2.89. The van der Waals surface area contributed by atoms with Gasteiger partial charge in [-0.2, -0.15) is 0 Å². The number of carbonyl (C=O) groups is 3. The molecule has 3 rings (SSSR count). The third-order valence-corrected chi connectivity index (χ3v) is 5.31. The molecular formula is C22H27N3O3. The monoisotopic (exact) mass is 381 g/mol. The van der Waals surface area contributed by atoms with Gasteiger partial charge in [0.15, 0.2) is 0 Å². The van der Waals surface area contributed by atoms with E-state index in [2.05, 4.69) is 5.32 Å². The van der Waals surface area contributed by atoms with E-state index in [-0.39, 0.29) is 30.7 Å². The Morgan fingerprint density at radius 1 is 1.21 bits per heavy atom. The van der Waals surface area contributed by atoms with E-state index < -0.39 is 17.4 Å². The number of hydrogen-bond acceptors (Lipinski definition) is 3. The summed E-state index contributed by atoms with van der Waals surface area (Å²) in [6.45, 7) is 5.87. The average Bonchev–Trinajstić information content (AvgIpc) is 3.02. The fourth-order valence-corrected chi connectivity index (χ4v) is 3.96. The second-order valence-corrected chi connectivity index (χ2v) is 8.19. The molecule has 0 spiro atoms. The molecule has 1 aliphatic rings. The topological polar surface area (TPSA) is 92.5 Å². The van der Waals surface area contributed by atoms with Crippen LogP contribution in [0.3, 0.4) is 0 Å². The number of carbonyl (C=O) groups excluding carboxylic acids is 3. The molecule has 0 bridgehead atoms. The predicted octanol–water partition coefficient (Wildman–Crippen LogP) is 2.60. The normalized spacial score (nSPS) is 19.1. The Bertz CT molecular complexity index is 919. The number of benzene rings is 2. The van der Waals surface area contributed by atoms with Crippen LogP contribution in [0.2, 0.25) is 0 Å². The highest BCUT2D eigenvalue weighted by molar-refractivity contribution is 6.07. The van der Waals surface area contributed by atoms with Gasteiger partial charge in [0.2, 0.25) is 17.7 Å².